The summed E-state index contributed by atoms with van der Waals surface area (Å²) in [5.41, 5.74) is 1.03. The molecule has 1 aromatic rings. The maximum atomic E-state index is 10.7. The number of hydrogen-bond donors (Lipinski definition) is 3. The van der Waals surface area contributed by atoms with Crippen LogP contribution in [-0.2, 0) is 0 Å². The third-order valence-electron chi connectivity index (χ3n) is 2.39. The number of carboxylic acids is 1. The van der Waals surface area contributed by atoms with E-state index in [2.05, 4.69) is 5.32 Å². The van der Waals surface area contributed by atoms with Crippen molar-refractivity contribution in [1.29, 1.82) is 0 Å². The lowest BCUT2D eigenvalue weighted by molar-refractivity contribution is 0.0697. The van der Waals surface area contributed by atoms with Gasteiger partial charge in [0.2, 0.25) is 0 Å². The smallest absolute Gasteiger partial charge is 0.335 e. The fourth-order valence-corrected chi connectivity index (χ4v) is 1.35. The molecule has 0 spiro atoms. The van der Waals surface area contributed by atoms with Crippen LogP contribution in [0.5, 0.6) is 0 Å². The molecule has 0 saturated heterocycles. The van der Waals surface area contributed by atoms with Crippen molar-refractivity contribution in [2.75, 3.05) is 11.9 Å². The Labute approximate surface area is 94.9 Å². The van der Waals surface area contributed by atoms with Crippen molar-refractivity contribution in [2.24, 2.45) is 0 Å². The van der Waals surface area contributed by atoms with Crippen molar-refractivity contribution >= 4 is 11.7 Å². The zero-order chi connectivity index (χ0) is 12.0. The molecule has 0 fully saturated rings. The Kier molecular flexibility index (Phi) is 4.79. The van der Waals surface area contributed by atoms with Crippen LogP contribution in [0.4, 0.5) is 5.69 Å². The summed E-state index contributed by atoms with van der Waals surface area (Å²) in [6.45, 7) is 2.56. The molecule has 1 atom stereocenters. The summed E-state index contributed by atoms with van der Waals surface area (Å²) >= 11 is 0. The Balaban J connectivity index is 2.48. The third-order valence-corrected chi connectivity index (χ3v) is 2.39. The summed E-state index contributed by atoms with van der Waals surface area (Å²) in [7, 11) is 0. The maximum absolute atomic E-state index is 10.7. The number of nitrogens with one attached hydrogen (secondary N) is 1. The van der Waals surface area contributed by atoms with Gasteiger partial charge in [-0.2, -0.15) is 0 Å². The summed E-state index contributed by atoms with van der Waals surface area (Å²) in [6, 6.07) is 6.64. The summed E-state index contributed by atoms with van der Waals surface area (Å²) in [6.07, 6.45) is 1.10. The van der Waals surface area contributed by atoms with E-state index in [1.165, 1.54) is 0 Å². The van der Waals surface area contributed by atoms with Gasteiger partial charge >= 0.3 is 5.97 Å². The van der Waals surface area contributed by atoms with Crippen molar-refractivity contribution in [2.45, 2.75) is 25.9 Å². The van der Waals surface area contributed by atoms with Gasteiger partial charge in [0, 0.05) is 12.2 Å². The molecule has 0 bridgehead atoms. The van der Waals surface area contributed by atoms with Crippen LogP contribution in [0.1, 0.15) is 30.1 Å². The number of aromatic carboxylic acids is 1. The highest BCUT2D eigenvalue weighted by Gasteiger charge is 2.03. The summed E-state index contributed by atoms with van der Waals surface area (Å²) < 4.78 is 0. The van der Waals surface area contributed by atoms with Crippen molar-refractivity contribution < 1.29 is 15.0 Å². The first-order chi connectivity index (χ1) is 7.63. The quantitative estimate of drug-likeness (QED) is 0.689. The molecule has 0 radical (unpaired) electrons. The Morgan fingerprint density at radius 3 is 2.88 bits per heavy atom. The van der Waals surface area contributed by atoms with E-state index in [4.69, 9.17) is 5.11 Å². The van der Waals surface area contributed by atoms with Gasteiger partial charge < -0.3 is 15.5 Å². The molecule has 4 heteroatoms. The average Bonchev–Trinajstić information content (AvgIpc) is 2.29. The third kappa shape index (κ3) is 3.90. The zero-order valence-electron chi connectivity index (χ0n) is 9.31. The van der Waals surface area contributed by atoms with Gasteiger partial charge in [0.25, 0.3) is 0 Å². The molecule has 1 aromatic carbocycles. The second-order valence-corrected chi connectivity index (χ2v) is 3.66. The summed E-state index contributed by atoms with van der Waals surface area (Å²) in [4.78, 5) is 10.7. The Morgan fingerprint density at radius 2 is 2.25 bits per heavy atom. The van der Waals surface area contributed by atoms with E-state index >= 15 is 0 Å². The van der Waals surface area contributed by atoms with Crippen LogP contribution in [0.2, 0.25) is 0 Å². The van der Waals surface area contributed by atoms with E-state index in [0.29, 0.717) is 13.0 Å². The average molecular weight is 223 g/mol. The van der Waals surface area contributed by atoms with Crippen molar-refractivity contribution in [3.63, 3.8) is 0 Å². The number of hydrogen-bond acceptors (Lipinski definition) is 3. The van der Waals surface area contributed by atoms with Crippen LogP contribution in [-0.4, -0.2) is 28.8 Å². The predicted octanol–water partition coefficient (Wildman–Crippen LogP) is 1.96. The fraction of sp³-hybridized carbons (Fsp3) is 0.417. The van der Waals surface area contributed by atoms with Crippen molar-refractivity contribution in [3.8, 4) is 0 Å². The van der Waals surface area contributed by atoms with E-state index in [9.17, 15) is 9.90 Å². The van der Waals surface area contributed by atoms with Crippen LogP contribution < -0.4 is 5.32 Å². The van der Waals surface area contributed by atoms with Gasteiger partial charge in [-0.05, 0) is 31.0 Å². The minimum absolute atomic E-state index is 0.265. The first-order valence-corrected chi connectivity index (χ1v) is 5.38. The fourth-order valence-electron chi connectivity index (χ4n) is 1.35. The molecule has 1 unspecified atom stereocenters. The highest BCUT2D eigenvalue weighted by Crippen LogP contribution is 2.11. The van der Waals surface area contributed by atoms with Crippen LogP contribution >= 0.6 is 0 Å². The Morgan fingerprint density at radius 1 is 1.50 bits per heavy atom. The van der Waals surface area contributed by atoms with Gasteiger partial charge in [0.15, 0.2) is 0 Å². The lowest BCUT2D eigenvalue weighted by atomic mass is 10.2. The molecular formula is C12H17NO3. The van der Waals surface area contributed by atoms with Crippen molar-refractivity contribution in [3.05, 3.63) is 29.8 Å². The molecule has 0 heterocycles. The summed E-state index contributed by atoms with van der Waals surface area (Å²) in [5, 5.41) is 21.2. The molecule has 0 aliphatic rings. The molecule has 16 heavy (non-hydrogen) atoms. The van der Waals surface area contributed by atoms with E-state index in [-0.39, 0.29) is 11.7 Å². The number of rotatable bonds is 6. The number of anilines is 1. The highest BCUT2D eigenvalue weighted by atomic mass is 16.4. The minimum atomic E-state index is -0.933. The van der Waals surface area contributed by atoms with Crippen molar-refractivity contribution in [1.82, 2.24) is 0 Å². The van der Waals surface area contributed by atoms with E-state index in [1.54, 1.807) is 18.2 Å². The highest BCUT2D eigenvalue weighted by molar-refractivity contribution is 5.88. The molecule has 0 aromatic heterocycles. The normalized spacial score (nSPS) is 12.1. The standard InChI is InChI=1S/C12H17NO3/c1-2-11(14)6-7-13-10-5-3-4-9(8-10)12(15)16/h3-5,8,11,13-14H,2,6-7H2,1H3,(H,15,16). The first-order valence-electron chi connectivity index (χ1n) is 5.38. The van der Waals surface area contributed by atoms with E-state index < -0.39 is 5.97 Å². The number of aliphatic hydroxyl groups excluding tert-OH is 1. The molecule has 88 valence electrons. The van der Waals surface area contributed by atoms with Crippen LogP contribution in [0.15, 0.2) is 24.3 Å². The number of carbonyl (C=O) groups is 1. The first kappa shape index (κ1) is 12.5. The molecule has 0 aliphatic heterocycles. The molecule has 0 aliphatic carbocycles. The van der Waals surface area contributed by atoms with E-state index in [0.717, 1.165) is 12.1 Å². The van der Waals surface area contributed by atoms with Gasteiger partial charge in [-0.15, -0.1) is 0 Å². The summed E-state index contributed by atoms with van der Waals surface area (Å²) in [5.74, 6) is -0.933. The number of benzene rings is 1. The molecule has 0 saturated carbocycles. The van der Waals surface area contributed by atoms with Gasteiger partial charge in [-0.25, -0.2) is 4.79 Å². The molecule has 3 N–H and O–H groups in total. The van der Waals surface area contributed by atoms with Crippen LogP contribution in [0.25, 0.3) is 0 Å². The monoisotopic (exact) mass is 223 g/mol. The largest absolute Gasteiger partial charge is 0.478 e. The second-order valence-electron chi connectivity index (χ2n) is 3.66. The molecule has 0 amide bonds. The predicted molar refractivity (Wildman–Crippen MR) is 62.8 cm³/mol. The van der Waals surface area contributed by atoms with Gasteiger partial charge in [-0.1, -0.05) is 13.0 Å². The lowest BCUT2D eigenvalue weighted by Gasteiger charge is -2.10. The van der Waals surface area contributed by atoms with Crippen LogP contribution in [0, 0.1) is 0 Å². The van der Waals surface area contributed by atoms with E-state index in [1.807, 2.05) is 13.0 Å². The molecule has 4 nitrogen and oxygen atoms in total. The minimum Gasteiger partial charge on any atom is -0.478 e. The van der Waals surface area contributed by atoms with Gasteiger partial charge in [-0.3, -0.25) is 0 Å². The zero-order valence-corrected chi connectivity index (χ0v) is 9.31. The second kappa shape index (κ2) is 6.12. The maximum Gasteiger partial charge on any atom is 0.335 e. The molecule has 1 rings (SSSR count). The van der Waals surface area contributed by atoms with Gasteiger partial charge in [0.1, 0.15) is 0 Å². The topological polar surface area (TPSA) is 69.6 Å². The number of carboxylic acid groups (broad SMARTS) is 1. The Hall–Kier alpha value is -1.55. The number of aliphatic hydroxyl groups is 1. The Bertz CT molecular complexity index is 352. The SMILES string of the molecule is CCC(O)CCNc1cccc(C(=O)O)c1. The molecular weight excluding hydrogens is 206 g/mol. The van der Waals surface area contributed by atoms with Crippen LogP contribution in [0.3, 0.4) is 0 Å². The van der Waals surface area contributed by atoms with Gasteiger partial charge in [0.05, 0.1) is 11.7 Å². The lowest BCUT2D eigenvalue weighted by Crippen LogP contribution is -2.12.